The van der Waals surface area contributed by atoms with E-state index in [0.717, 1.165) is 30.2 Å². The van der Waals surface area contributed by atoms with Gasteiger partial charge in [0.05, 0.1) is 27.0 Å². The standard InChI is InChI=1S/C21H18F3N3O3S/c1-25-20(29)14-10-31-19-15(21(22,23)24)8-16(27-18(14)19)11-2-6-13(7-3-11)30-9-17(28)26-12-4-5-12/h2-3,6-8,10,12H,4-5,9H2,1H3,(H,25,29)(H,26,28). The van der Waals surface area contributed by atoms with Crippen LogP contribution in [0.5, 0.6) is 5.75 Å². The maximum atomic E-state index is 13.7. The second-order valence-electron chi connectivity index (χ2n) is 7.11. The van der Waals surface area contributed by atoms with Crippen molar-refractivity contribution in [2.24, 2.45) is 0 Å². The predicted octanol–water partition coefficient (Wildman–Crippen LogP) is 4.00. The number of nitrogens with zero attached hydrogens (tertiary/aromatic N) is 1. The van der Waals surface area contributed by atoms with Crippen LogP contribution in [0.3, 0.4) is 0 Å². The second kappa shape index (κ2) is 8.18. The first-order chi connectivity index (χ1) is 14.8. The van der Waals surface area contributed by atoms with Gasteiger partial charge in [-0.15, -0.1) is 11.3 Å². The van der Waals surface area contributed by atoms with Gasteiger partial charge in [-0.25, -0.2) is 4.98 Å². The molecule has 0 radical (unpaired) electrons. The first-order valence-electron chi connectivity index (χ1n) is 9.50. The fourth-order valence-corrected chi connectivity index (χ4v) is 4.05. The molecule has 31 heavy (non-hydrogen) atoms. The lowest BCUT2D eigenvalue weighted by Crippen LogP contribution is -2.30. The molecule has 3 aromatic rings. The number of carbonyl (C=O) groups excluding carboxylic acids is 2. The number of fused-ring (bicyclic) bond motifs is 1. The smallest absolute Gasteiger partial charge is 0.417 e. The molecule has 10 heteroatoms. The Balaban J connectivity index is 1.63. The number of pyridine rings is 1. The van der Waals surface area contributed by atoms with Crippen molar-refractivity contribution in [3.8, 4) is 17.0 Å². The summed E-state index contributed by atoms with van der Waals surface area (Å²) in [4.78, 5) is 28.1. The summed E-state index contributed by atoms with van der Waals surface area (Å²) < 4.78 is 46.3. The van der Waals surface area contributed by atoms with Crippen molar-refractivity contribution >= 4 is 33.4 Å². The molecule has 1 saturated carbocycles. The summed E-state index contributed by atoms with van der Waals surface area (Å²) in [5.41, 5.74) is -0.231. The van der Waals surface area contributed by atoms with E-state index >= 15 is 0 Å². The monoisotopic (exact) mass is 449 g/mol. The van der Waals surface area contributed by atoms with Crippen molar-refractivity contribution in [3.63, 3.8) is 0 Å². The van der Waals surface area contributed by atoms with Crippen molar-refractivity contribution in [2.45, 2.75) is 25.1 Å². The highest BCUT2D eigenvalue weighted by atomic mass is 32.1. The van der Waals surface area contributed by atoms with Gasteiger partial charge in [-0.1, -0.05) is 0 Å². The first-order valence-corrected chi connectivity index (χ1v) is 10.4. The van der Waals surface area contributed by atoms with E-state index in [1.54, 1.807) is 24.3 Å². The molecule has 1 aliphatic rings. The van der Waals surface area contributed by atoms with Gasteiger partial charge in [-0.3, -0.25) is 9.59 Å². The molecule has 1 aliphatic carbocycles. The van der Waals surface area contributed by atoms with Crippen LogP contribution in [0.1, 0.15) is 28.8 Å². The molecule has 6 nitrogen and oxygen atoms in total. The van der Waals surface area contributed by atoms with Crippen molar-refractivity contribution < 1.29 is 27.5 Å². The van der Waals surface area contributed by atoms with Crippen molar-refractivity contribution in [3.05, 3.63) is 46.8 Å². The minimum atomic E-state index is -4.60. The van der Waals surface area contributed by atoms with Gasteiger partial charge < -0.3 is 15.4 Å². The van der Waals surface area contributed by atoms with Crippen molar-refractivity contribution in [2.75, 3.05) is 13.7 Å². The Kier molecular flexibility index (Phi) is 5.57. The molecular weight excluding hydrogens is 431 g/mol. The van der Waals surface area contributed by atoms with Crippen LogP contribution >= 0.6 is 11.3 Å². The van der Waals surface area contributed by atoms with E-state index in [0.29, 0.717) is 11.3 Å². The average molecular weight is 449 g/mol. The Morgan fingerprint density at radius 1 is 1.23 bits per heavy atom. The molecule has 0 unspecified atom stereocenters. The molecule has 4 rings (SSSR count). The highest BCUT2D eigenvalue weighted by Crippen LogP contribution is 2.40. The fourth-order valence-electron chi connectivity index (χ4n) is 3.03. The van der Waals surface area contributed by atoms with Gasteiger partial charge in [0.15, 0.2) is 6.61 Å². The zero-order valence-electron chi connectivity index (χ0n) is 16.4. The number of thiophene rings is 1. The van der Waals surface area contributed by atoms with Gasteiger partial charge in [0.2, 0.25) is 0 Å². The third-order valence-corrected chi connectivity index (χ3v) is 5.76. The van der Waals surface area contributed by atoms with Crippen LogP contribution in [0.2, 0.25) is 0 Å². The van der Waals surface area contributed by atoms with Gasteiger partial charge in [-0.2, -0.15) is 13.2 Å². The van der Waals surface area contributed by atoms with Crippen LogP contribution in [-0.2, 0) is 11.0 Å². The number of halogens is 3. The van der Waals surface area contributed by atoms with Crippen LogP contribution in [0.25, 0.3) is 21.5 Å². The quantitative estimate of drug-likeness (QED) is 0.596. The zero-order valence-corrected chi connectivity index (χ0v) is 17.2. The highest BCUT2D eigenvalue weighted by Gasteiger charge is 2.35. The number of rotatable bonds is 6. The molecule has 0 bridgehead atoms. The third kappa shape index (κ3) is 4.63. The lowest BCUT2D eigenvalue weighted by Gasteiger charge is -2.11. The molecule has 1 fully saturated rings. The van der Waals surface area contributed by atoms with E-state index in [1.165, 1.54) is 12.4 Å². The number of aromatic nitrogens is 1. The molecule has 0 aliphatic heterocycles. The molecule has 2 aromatic heterocycles. The number of nitrogens with one attached hydrogen (secondary N) is 2. The summed E-state index contributed by atoms with van der Waals surface area (Å²) in [5, 5.41) is 6.60. The van der Waals surface area contributed by atoms with Gasteiger partial charge >= 0.3 is 6.18 Å². The number of alkyl halides is 3. The Morgan fingerprint density at radius 3 is 2.55 bits per heavy atom. The van der Waals surface area contributed by atoms with Gasteiger partial charge in [-0.05, 0) is 43.2 Å². The molecule has 0 atom stereocenters. The number of carbonyl (C=O) groups is 2. The summed E-state index contributed by atoms with van der Waals surface area (Å²) in [6.07, 6.45) is -2.65. The maximum absolute atomic E-state index is 13.7. The Labute approximate surface area is 179 Å². The lowest BCUT2D eigenvalue weighted by molar-refractivity contribution is -0.136. The molecule has 162 valence electrons. The number of amides is 2. The highest BCUT2D eigenvalue weighted by molar-refractivity contribution is 7.17. The summed E-state index contributed by atoms with van der Waals surface area (Å²) in [6, 6.07) is 7.46. The van der Waals surface area contributed by atoms with E-state index in [4.69, 9.17) is 4.74 Å². The van der Waals surface area contributed by atoms with Crippen molar-refractivity contribution in [1.29, 1.82) is 0 Å². The van der Waals surface area contributed by atoms with Gasteiger partial charge in [0.1, 0.15) is 5.75 Å². The SMILES string of the molecule is CNC(=O)c1csc2c(C(F)(F)F)cc(-c3ccc(OCC(=O)NC4CC4)cc3)nc12. The number of ether oxygens (including phenoxy) is 1. The molecular formula is C21H18F3N3O3S. The lowest BCUT2D eigenvalue weighted by atomic mass is 10.1. The van der Waals surface area contributed by atoms with Crippen LogP contribution in [-0.4, -0.2) is 36.5 Å². The molecule has 0 spiro atoms. The minimum Gasteiger partial charge on any atom is -0.484 e. The minimum absolute atomic E-state index is 0.00579. The largest absolute Gasteiger partial charge is 0.484 e. The Bertz CT molecular complexity index is 1140. The van der Waals surface area contributed by atoms with Crippen LogP contribution in [0, 0.1) is 0 Å². The molecule has 1 aromatic carbocycles. The van der Waals surface area contributed by atoms with Crippen LogP contribution in [0.15, 0.2) is 35.7 Å². The summed E-state index contributed by atoms with van der Waals surface area (Å²) in [5.74, 6) is -0.307. The van der Waals surface area contributed by atoms with Gasteiger partial charge in [0.25, 0.3) is 11.8 Å². The fraction of sp³-hybridized carbons (Fsp3) is 0.286. The molecule has 2 amide bonds. The summed E-state index contributed by atoms with van der Waals surface area (Å²) in [6.45, 7) is -0.136. The Morgan fingerprint density at radius 2 is 1.94 bits per heavy atom. The van der Waals surface area contributed by atoms with Gasteiger partial charge in [0, 0.05) is 24.0 Å². The second-order valence-corrected chi connectivity index (χ2v) is 7.99. The van der Waals surface area contributed by atoms with Crippen LogP contribution < -0.4 is 15.4 Å². The van der Waals surface area contributed by atoms with Crippen molar-refractivity contribution in [1.82, 2.24) is 15.6 Å². The van der Waals surface area contributed by atoms with Crippen LogP contribution in [0.4, 0.5) is 13.2 Å². The van der Waals surface area contributed by atoms with E-state index in [9.17, 15) is 22.8 Å². The van der Waals surface area contributed by atoms with E-state index in [1.807, 2.05) is 0 Å². The summed E-state index contributed by atoms with van der Waals surface area (Å²) >= 11 is 0.834. The van der Waals surface area contributed by atoms with E-state index in [2.05, 4.69) is 15.6 Å². The molecule has 0 saturated heterocycles. The molecule has 2 heterocycles. The summed E-state index contributed by atoms with van der Waals surface area (Å²) in [7, 11) is 1.41. The average Bonchev–Trinajstić information content (AvgIpc) is 3.45. The molecule has 2 N–H and O–H groups in total. The third-order valence-electron chi connectivity index (χ3n) is 4.76. The first kappa shape index (κ1) is 21.1. The predicted molar refractivity (Wildman–Crippen MR) is 110 cm³/mol. The zero-order chi connectivity index (χ0) is 22.2. The number of benzene rings is 1. The van der Waals surface area contributed by atoms with E-state index < -0.39 is 17.6 Å². The topological polar surface area (TPSA) is 80.3 Å². The normalized spacial score (nSPS) is 13.8. The van der Waals surface area contributed by atoms with E-state index in [-0.39, 0.29) is 40.0 Å². The Hall–Kier alpha value is -3.14. The number of hydrogen-bond donors (Lipinski definition) is 2. The number of hydrogen-bond acceptors (Lipinski definition) is 5. The maximum Gasteiger partial charge on any atom is 0.417 e.